The molecular formula is C19H18Cl2N4O2S. The van der Waals surface area contributed by atoms with Gasteiger partial charge in [-0.15, -0.1) is 33.9 Å². The van der Waals surface area contributed by atoms with Crippen LogP contribution in [0.4, 0.5) is 0 Å². The Labute approximate surface area is 177 Å². The van der Waals surface area contributed by atoms with Crippen molar-refractivity contribution in [3.05, 3.63) is 62.5 Å². The molecule has 6 nitrogen and oxygen atoms in total. The van der Waals surface area contributed by atoms with E-state index in [0.29, 0.717) is 10.8 Å². The summed E-state index contributed by atoms with van der Waals surface area (Å²) in [5.41, 5.74) is 3.78. The lowest BCUT2D eigenvalue weighted by atomic mass is 9.99. The van der Waals surface area contributed by atoms with E-state index in [0.717, 1.165) is 33.2 Å². The van der Waals surface area contributed by atoms with Gasteiger partial charge in [-0.2, -0.15) is 0 Å². The Morgan fingerprint density at radius 1 is 1.21 bits per heavy atom. The molecule has 0 fully saturated rings. The highest BCUT2D eigenvalue weighted by molar-refractivity contribution is 7.15. The molecule has 146 valence electrons. The van der Waals surface area contributed by atoms with Gasteiger partial charge in [0, 0.05) is 21.0 Å². The van der Waals surface area contributed by atoms with Gasteiger partial charge < -0.3 is 5.11 Å². The van der Waals surface area contributed by atoms with Gasteiger partial charge in [-0.05, 0) is 38.5 Å². The van der Waals surface area contributed by atoms with Crippen LogP contribution < -0.4 is 0 Å². The van der Waals surface area contributed by atoms with Gasteiger partial charge in [0.15, 0.2) is 5.82 Å². The maximum atomic E-state index is 11.5. The molecule has 0 radical (unpaired) electrons. The van der Waals surface area contributed by atoms with Crippen LogP contribution in [0.1, 0.15) is 45.7 Å². The number of carboxylic acid groups (broad SMARTS) is 1. The van der Waals surface area contributed by atoms with Gasteiger partial charge in [-0.25, -0.2) is 0 Å². The molecule has 0 unspecified atom stereocenters. The molecule has 3 heterocycles. The topological polar surface area (TPSA) is 80.4 Å². The smallest absolute Gasteiger partial charge is 0.306 e. The molecule has 9 heteroatoms. The summed E-state index contributed by atoms with van der Waals surface area (Å²) < 4.78 is 1.94. The number of aliphatic carboxylic acids is 1. The third-order valence-electron chi connectivity index (χ3n) is 4.73. The Bertz CT molecular complexity index is 1090. The SMILES string of the molecule is Cc1sc2c(c1C)C(c1ccc(Cl)cc1)=N[C@@H](CC(=O)O)c1nnc(C)n1-2.Cl. The quantitative estimate of drug-likeness (QED) is 0.645. The van der Waals surface area contributed by atoms with E-state index >= 15 is 0 Å². The molecule has 4 rings (SSSR count). The fourth-order valence-electron chi connectivity index (χ4n) is 3.30. The van der Waals surface area contributed by atoms with E-state index in [1.807, 2.05) is 35.8 Å². The Balaban J connectivity index is 0.00000225. The summed E-state index contributed by atoms with van der Waals surface area (Å²) in [5.74, 6) is 0.348. The molecule has 2 aromatic heterocycles. The minimum Gasteiger partial charge on any atom is -0.481 e. The van der Waals surface area contributed by atoms with E-state index in [2.05, 4.69) is 24.0 Å². The third-order valence-corrected chi connectivity index (χ3v) is 6.17. The lowest BCUT2D eigenvalue weighted by molar-refractivity contribution is -0.137. The van der Waals surface area contributed by atoms with Crippen molar-refractivity contribution < 1.29 is 9.90 Å². The second-order valence-corrected chi connectivity index (χ2v) is 8.14. The average Bonchev–Trinajstić information content (AvgIpc) is 3.08. The first kappa shape index (κ1) is 20.5. The van der Waals surface area contributed by atoms with Gasteiger partial charge in [0.2, 0.25) is 0 Å². The molecule has 0 spiro atoms. The Morgan fingerprint density at radius 3 is 2.54 bits per heavy atom. The van der Waals surface area contributed by atoms with Gasteiger partial charge in [-0.1, -0.05) is 23.7 Å². The number of thiophene rings is 1. The Hall–Kier alpha value is -2.22. The molecule has 1 aromatic carbocycles. The van der Waals surface area contributed by atoms with Crippen LogP contribution in [0.25, 0.3) is 5.00 Å². The summed E-state index contributed by atoms with van der Waals surface area (Å²) in [6, 6.07) is 6.84. The summed E-state index contributed by atoms with van der Waals surface area (Å²) in [6.45, 7) is 6.00. The first-order valence-corrected chi connectivity index (χ1v) is 9.64. The summed E-state index contributed by atoms with van der Waals surface area (Å²) in [6.07, 6.45) is -0.151. The number of fused-ring (bicyclic) bond motifs is 3. The van der Waals surface area contributed by atoms with E-state index in [4.69, 9.17) is 16.6 Å². The largest absolute Gasteiger partial charge is 0.481 e. The zero-order chi connectivity index (χ0) is 19.3. The molecule has 1 aliphatic rings. The number of benzene rings is 1. The number of aryl methyl sites for hydroxylation is 2. The third kappa shape index (κ3) is 3.34. The van der Waals surface area contributed by atoms with E-state index in [9.17, 15) is 9.90 Å². The molecular weight excluding hydrogens is 419 g/mol. The number of nitrogens with zero attached hydrogens (tertiary/aromatic N) is 4. The van der Waals surface area contributed by atoms with Crippen LogP contribution in [-0.2, 0) is 4.79 Å². The molecule has 28 heavy (non-hydrogen) atoms. The van der Waals surface area contributed by atoms with Crippen molar-refractivity contribution in [1.82, 2.24) is 14.8 Å². The number of hydrogen-bond donors (Lipinski definition) is 1. The number of aliphatic imine (C=N–C) groups is 1. The van der Waals surface area contributed by atoms with Crippen LogP contribution in [0.3, 0.4) is 0 Å². The number of carbonyl (C=O) groups is 1. The highest BCUT2D eigenvalue weighted by Gasteiger charge is 2.32. The lowest BCUT2D eigenvalue weighted by Crippen LogP contribution is -2.10. The fourth-order valence-corrected chi connectivity index (χ4v) is 4.64. The van der Waals surface area contributed by atoms with Crippen LogP contribution in [0.5, 0.6) is 0 Å². The highest BCUT2D eigenvalue weighted by Crippen LogP contribution is 2.39. The van der Waals surface area contributed by atoms with E-state index < -0.39 is 12.0 Å². The van der Waals surface area contributed by atoms with Crippen molar-refractivity contribution in [3.63, 3.8) is 0 Å². The number of aromatic nitrogens is 3. The van der Waals surface area contributed by atoms with E-state index in [-0.39, 0.29) is 18.8 Å². The van der Waals surface area contributed by atoms with Crippen LogP contribution >= 0.6 is 35.3 Å². The van der Waals surface area contributed by atoms with E-state index in [1.165, 1.54) is 4.88 Å². The van der Waals surface area contributed by atoms with Gasteiger partial charge in [0.05, 0.1) is 12.1 Å². The second kappa shape index (κ2) is 7.66. The zero-order valence-electron chi connectivity index (χ0n) is 15.4. The minimum atomic E-state index is -0.926. The number of halogens is 2. The van der Waals surface area contributed by atoms with Crippen molar-refractivity contribution in [1.29, 1.82) is 0 Å². The molecule has 0 bridgehead atoms. The summed E-state index contributed by atoms with van der Waals surface area (Å²) >= 11 is 7.70. The van der Waals surface area contributed by atoms with Crippen molar-refractivity contribution in [2.24, 2.45) is 4.99 Å². The summed E-state index contributed by atoms with van der Waals surface area (Å²) in [7, 11) is 0. The monoisotopic (exact) mass is 436 g/mol. The predicted molar refractivity (Wildman–Crippen MR) is 113 cm³/mol. The lowest BCUT2D eigenvalue weighted by Gasteiger charge is -2.10. The predicted octanol–water partition coefficient (Wildman–Crippen LogP) is 4.70. The average molecular weight is 437 g/mol. The first-order chi connectivity index (χ1) is 12.9. The van der Waals surface area contributed by atoms with Crippen LogP contribution in [0, 0.1) is 20.8 Å². The van der Waals surface area contributed by atoms with E-state index in [1.54, 1.807) is 11.3 Å². The normalized spacial score (nSPS) is 15.1. The van der Waals surface area contributed by atoms with Gasteiger partial charge in [-0.3, -0.25) is 14.4 Å². The van der Waals surface area contributed by atoms with Crippen LogP contribution in [0.15, 0.2) is 29.3 Å². The van der Waals surface area contributed by atoms with Crippen molar-refractivity contribution in [2.75, 3.05) is 0 Å². The molecule has 1 N–H and O–H groups in total. The molecule has 0 amide bonds. The number of hydrogen-bond acceptors (Lipinski definition) is 5. The van der Waals surface area contributed by atoms with Crippen molar-refractivity contribution in [2.45, 2.75) is 33.2 Å². The maximum absolute atomic E-state index is 11.5. The summed E-state index contributed by atoms with van der Waals surface area (Å²) in [5, 5.41) is 19.5. The van der Waals surface area contributed by atoms with Crippen molar-refractivity contribution >= 4 is 47.0 Å². The highest BCUT2D eigenvalue weighted by atomic mass is 35.5. The molecule has 1 aliphatic heterocycles. The molecule has 0 saturated carbocycles. The maximum Gasteiger partial charge on any atom is 0.306 e. The molecule has 3 aromatic rings. The van der Waals surface area contributed by atoms with Gasteiger partial charge in [0.25, 0.3) is 0 Å². The standard InChI is InChI=1S/C19H17ClN4O2S.ClH/c1-9-10(2)27-19-16(9)17(12-4-6-13(20)7-5-12)21-14(8-15(25)26)18-23-22-11(3)24(18)19;/h4-7,14H,8H2,1-3H3,(H,25,26);1H/t14-;/m0./s1. The Kier molecular flexibility index (Phi) is 5.61. The first-order valence-electron chi connectivity index (χ1n) is 8.45. The summed E-state index contributed by atoms with van der Waals surface area (Å²) in [4.78, 5) is 17.5. The van der Waals surface area contributed by atoms with Gasteiger partial charge >= 0.3 is 5.97 Å². The zero-order valence-corrected chi connectivity index (χ0v) is 17.8. The molecule has 1 atom stereocenters. The van der Waals surface area contributed by atoms with Crippen molar-refractivity contribution in [3.8, 4) is 5.00 Å². The number of carboxylic acids is 1. The van der Waals surface area contributed by atoms with Gasteiger partial charge in [0.1, 0.15) is 16.9 Å². The second-order valence-electron chi connectivity index (χ2n) is 6.50. The fraction of sp³-hybridized carbons (Fsp3) is 0.263. The molecule has 0 aliphatic carbocycles. The number of rotatable bonds is 3. The van der Waals surface area contributed by atoms with Crippen LogP contribution in [0.2, 0.25) is 5.02 Å². The minimum absolute atomic E-state index is 0. The molecule has 0 saturated heterocycles. The Morgan fingerprint density at radius 2 is 1.89 bits per heavy atom. The van der Waals surface area contributed by atoms with Crippen LogP contribution in [-0.4, -0.2) is 31.6 Å².